The Balaban J connectivity index is 1.66. The molecule has 3 aromatic rings. The van der Waals surface area contributed by atoms with Crippen LogP contribution < -0.4 is 5.32 Å². The fourth-order valence-electron chi connectivity index (χ4n) is 3.10. The number of rotatable bonds is 8. The average molecular weight is 409 g/mol. The van der Waals surface area contributed by atoms with Crippen molar-refractivity contribution in [2.45, 2.75) is 33.7 Å². The maximum Gasteiger partial charge on any atom is 0.240 e. The summed E-state index contributed by atoms with van der Waals surface area (Å²) in [6.45, 7) is 7.39. The Bertz CT molecular complexity index is 1020. The van der Waals surface area contributed by atoms with Crippen LogP contribution in [0, 0.1) is 32.1 Å². The first kappa shape index (κ1) is 20.8. The van der Waals surface area contributed by atoms with Crippen molar-refractivity contribution in [3.8, 4) is 17.3 Å². The number of carbonyl (C=O) groups is 1. The zero-order valence-corrected chi connectivity index (χ0v) is 17.7. The van der Waals surface area contributed by atoms with Gasteiger partial charge in [-0.1, -0.05) is 6.07 Å². The first-order chi connectivity index (χ1) is 14.0. The predicted octanol–water partition coefficient (Wildman–Crippen LogP) is 4.68. The van der Waals surface area contributed by atoms with Gasteiger partial charge in [0.2, 0.25) is 5.91 Å². The highest BCUT2D eigenvalue weighted by Crippen LogP contribution is 2.29. The van der Waals surface area contributed by atoms with Crippen molar-refractivity contribution in [2.24, 2.45) is 0 Å². The molecule has 0 fully saturated rings. The molecule has 150 valence electrons. The predicted molar refractivity (Wildman–Crippen MR) is 115 cm³/mol. The van der Waals surface area contributed by atoms with E-state index in [1.807, 2.05) is 22.4 Å². The molecule has 0 unspecified atom stereocenters. The molecular weight excluding hydrogens is 384 g/mol. The molecule has 2 heterocycles. The summed E-state index contributed by atoms with van der Waals surface area (Å²) in [5.41, 5.74) is 5.58. The van der Waals surface area contributed by atoms with Gasteiger partial charge in [0.05, 0.1) is 31.1 Å². The number of furan rings is 1. The van der Waals surface area contributed by atoms with Crippen LogP contribution in [0.25, 0.3) is 11.3 Å². The van der Waals surface area contributed by atoms with Crippen LogP contribution in [0.1, 0.15) is 28.9 Å². The lowest BCUT2D eigenvalue weighted by Crippen LogP contribution is -2.33. The maximum atomic E-state index is 12.5. The van der Waals surface area contributed by atoms with Gasteiger partial charge in [0.1, 0.15) is 5.76 Å². The minimum atomic E-state index is -0.160. The van der Waals surface area contributed by atoms with E-state index in [-0.39, 0.29) is 12.5 Å². The van der Waals surface area contributed by atoms with Crippen LogP contribution in [0.3, 0.4) is 0 Å². The van der Waals surface area contributed by atoms with Crippen LogP contribution in [0.4, 0.5) is 5.13 Å². The van der Waals surface area contributed by atoms with Crippen molar-refractivity contribution >= 4 is 22.4 Å². The number of carbonyl (C=O) groups excluding carboxylic acids is 1. The van der Waals surface area contributed by atoms with Gasteiger partial charge in [-0.05, 0) is 55.7 Å². The molecule has 0 aliphatic rings. The fraction of sp³-hybridized carbons (Fsp3) is 0.318. The number of nitrogens with one attached hydrogen (secondary N) is 1. The molecule has 0 spiro atoms. The third-order valence-corrected chi connectivity index (χ3v) is 5.49. The number of benzene rings is 1. The molecule has 0 bridgehead atoms. The van der Waals surface area contributed by atoms with E-state index in [1.54, 1.807) is 6.26 Å². The van der Waals surface area contributed by atoms with Crippen LogP contribution >= 0.6 is 11.3 Å². The van der Waals surface area contributed by atoms with E-state index in [9.17, 15) is 4.79 Å². The Labute approximate surface area is 174 Å². The molecule has 0 radical (unpaired) electrons. The number of anilines is 1. The molecule has 6 nitrogen and oxygen atoms in total. The SMILES string of the molecule is Cc1cc(C)c(-c2csc(NC(=O)CN(CCC#N)Cc3ccco3)n2)cc1C. The van der Waals surface area contributed by atoms with Crippen molar-refractivity contribution < 1.29 is 9.21 Å². The number of thiazole rings is 1. The second kappa shape index (κ2) is 9.50. The van der Waals surface area contributed by atoms with E-state index in [2.05, 4.69) is 49.3 Å². The molecule has 0 saturated heterocycles. The summed E-state index contributed by atoms with van der Waals surface area (Å²) in [7, 11) is 0. The number of nitriles is 1. The van der Waals surface area contributed by atoms with Gasteiger partial charge in [-0.3, -0.25) is 9.69 Å². The van der Waals surface area contributed by atoms with Gasteiger partial charge in [0.25, 0.3) is 0 Å². The van der Waals surface area contributed by atoms with Gasteiger partial charge in [-0.15, -0.1) is 11.3 Å². The number of amides is 1. The van der Waals surface area contributed by atoms with Crippen LogP contribution in [-0.2, 0) is 11.3 Å². The standard InChI is InChI=1S/C22H24N4O2S/c1-15-10-17(3)19(11-16(15)2)20-14-29-22(24-20)25-21(27)13-26(8-5-7-23)12-18-6-4-9-28-18/h4,6,9-11,14H,5,8,12-13H2,1-3H3,(H,24,25,27). The zero-order chi connectivity index (χ0) is 20.8. The molecule has 7 heteroatoms. The molecule has 1 amide bonds. The highest BCUT2D eigenvalue weighted by atomic mass is 32.1. The molecule has 0 aliphatic heterocycles. The molecule has 0 atom stereocenters. The minimum Gasteiger partial charge on any atom is -0.468 e. The number of aromatic nitrogens is 1. The summed E-state index contributed by atoms with van der Waals surface area (Å²) >= 11 is 1.41. The van der Waals surface area contributed by atoms with E-state index >= 15 is 0 Å². The van der Waals surface area contributed by atoms with Crippen molar-refractivity contribution in [3.05, 3.63) is 58.4 Å². The van der Waals surface area contributed by atoms with Gasteiger partial charge in [-0.2, -0.15) is 5.26 Å². The minimum absolute atomic E-state index is 0.160. The van der Waals surface area contributed by atoms with Gasteiger partial charge < -0.3 is 9.73 Å². The Morgan fingerprint density at radius 3 is 2.79 bits per heavy atom. The molecule has 0 aliphatic carbocycles. The first-order valence-electron chi connectivity index (χ1n) is 9.41. The Morgan fingerprint density at radius 2 is 2.07 bits per heavy atom. The number of hydrogen-bond acceptors (Lipinski definition) is 6. The van der Waals surface area contributed by atoms with Crippen molar-refractivity contribution in [2.75, 3.05) is 18.4 Å². The lowest BCUT2D eigenvalue weighted by molar-refractivity contribution is -0.117. The molecule has 29 heavy (non-hydrogen) atoms. The Kier molecular flexibility index (Phi) is 6.81. The van der Waals surface area contributed by atoms with Gasteiger partial charge >= 0.3 is 0 Å². The van der Waals surface area contributed by atoms with E-state index < -0.39 is 0 Å². The van der Waals surface area contributed by atoms with Crippen molar-refractivity contribution in [1.29, 1.82) is 5.26 Å². The average Bonchev–Trinajstić information content (AvgIpc) is 3.35. The van der Waals surface area contributed by atoms with Crippen LogP contribution in [0.5, 0.6) is 0 Å². The molecular formula is C22H24N4O2S. The lowest BCUT2D eigenvalue weighted by Gasteiger charge is -2.18. The largest absolute Gasteiger partial charge is 0.468 e. The smallest absolute Gasteiger partial charge is 0.240 e. The quantitative estimate of drug-likeness (QED) is 0.585. The summed E-state index contributed by atoms with van der Waals surface area (Å²) in [5, 5.41) is 14.3. The van der Waals surface area contributed by atoms with Gasteiger partial charge in [-0.25, -0.2) is 4.98 Å². The summed E-state index contributed by atoms with van der Waals surface area (Å²) in [5.74, 6) is 0.602. The summed E-state index contributed by atoms with van der Waals surface area (Å²) in [6, 6.07) is 10.1. The molecule has 1 aromatic carbocycles. The van der Waals surface area contributed by atoms with E-state index in [0.717, 1.165) is 22.6 Å². The second-order valence-corrected chi connectivity index (χ2v) is 7.89. The molecule has 0 saturated carbocycles. The summed E-state index contributed by atoms with van der Waals surface area (Å²) in [4.78, 5) is 19.0. The fourth-order valence-corrected chi connectivity index (χ4v) is 3.83. The van der Waals surface area contributed by atoms with Crippen LogP contribution in [0.2, 0.25) is 0 Å². The molecule has 2 aromatic heterocycles. The van der Waals surface area contributed by atoms with E-state index in [1.165, 1.54) is 22.5 Å². The van der Waals surface area contributed by atoms with E-state index in [4.69, 9.17) is 9.68 Å². The Hall–Kier alpha value is -2.95. The normalized spacial score (nSPS) is 10.9. The second-order valence-electron chi connectivity index (χ2n) is 7.04. The number of hydrogen-bond donors (Lipinski definition) is 1. The van der Waals surface area contributed by atoms with E-state index in [0.29, 0.717) is 24.6 Å². The summed E-state index contributed by atoms with van der Waals surface area (Å²) in [6.07, 6.45) is 1.95. The van der Waals surface area contributed by atoms with Crippen LogP contribution in [-0.4, -0.2) is 28.9 Å². The first-order valence-corrected chi connectivity index (χ1v) is 10.3. The zero-order valence-electron chi connectivity index (χ0n) is 16.9. The number of nitrogens with zero attached hydrogens (tertiary/aromatic N) is 3. The van der Waals surface area contributed by atoms with Gasteiger partial charge in [0, 0.05) is 23.9 Å². The molecule has 1 N–H and O–H groups in total. The highest BCUT2D eigenvalue weighted by molar-refractivity contribution is 7.14. The van der Waals surface area contributed by atoms with Crippen molar-refractivity contribution in [1.82, 2.24) is 9.88 Å². The summed E-state index contributed by atoms with van der Waals surface area (Å²) < 4.78 is 5.36. The Morgan fingerprint density at radius 1 is 1.28 bits per heavy atom. The lowest BCUT2D eigenvalue weighted by atomic mass is 9.99. The monoisotopic (exact) mass is 408 g/mol. The highest BCUT2D eigenvalue weighted by Gasteiger charge is 2.15. The number of aryl methyl sites for hydroxylation is 3. The van der Waals surface area contributed by atoms with Crippen LogP contribution in [0.15, 0.2) is 40.3 Å². The third kappa shape index (κ3) is 5.53. The topological polar surface area (TPSA) is 82.2 Å². The maximum absolute atomic E-state index is 12.5. The molecule has 3 rings (SSSR count). The van der Waals surface area contributed by atoms with Crippen molar-refractivity contribution in [3.63, 3.8) is 0 Å². The van der Waals surface area contributed by atoms with Gasteiger partial charge in [0.15, 0.2) is 5.13 Å². The third-order valence-electron chi connectivity index (χ3n) is 4.73.